The number of halogens is 1. The summed E-state index contributed by atoms with van der Waals surface area (Å²) in [5.74, 6) is -5.26. The van der Waals surface area contributed by atoms with Crippen LogP contribution in [0.1, 0.15) is 84.5 Å². The van der Waals surface area contributed by atoms with Crippen LogP contribution in [0.4, 0.5) is 4.39 Å². The van der Waals surface area contributed by atoms with E-state index in [2.05, 4.69) is 5.32 Å². The van der Waals surface area contributed by atoms with Crippen molar-refractivity contribution in [1.29, 1.82) is 0 Å². The van der Waals surface area contributed by atoms with Crippen molar-refractivity contribution in [2.75, 3.05) is 19.8 Å². The predicted octanol–water partition coefficient (Wildman–Crippen LogP) is 0.859. The highest BCUT2D eigenvalue weighted by Gasteiger charge is 2.50. The van der Waals surface area contributed by atoms with Gasteiger partial charge < -0.3 is 81.1 Å². The highest BCUT2D eigenvalue weighted by Crippen LogP contribution is 2.38. The lowest BCUT2D eigenvalue weighted by Gasteiger charge is -2.45. The van der Waals surface area contributed by atoms with Gasteiger partial charge in [0.15, 0.2) is 12.1 Å². The Labute approximate surface area is 398 Å². The molecule has 2 bridgehead atoms. The van der Waals surface area contributed by atoms with Gasteiger partial charge in [-0.3, -0.25) is 14.0 Å². The van der Waals surface area contributed by atoms with E-state index in [1.54, 1.807) is 73.8 Å². The van der Waals surface area contributed by atoms with E-state index in [1.807, 2.05) is 25.2 Å². The number of alkyl halides is 1. The molecule has 7 unspecified atom stereocenters. The van der Waals surface area contributed by atoms with Gasteiger partial charge in [0, 0.05) is 44.6 Å². The van der Waals surface area contributed by atoms with Crippen molar-refractivity contribution in [2.45, 2.75) is 176 Å². The number of hydrogen-bond acceptors (Lipinski definition) is 17. The summed E-state index contributed by atoms with van der Waals surface area (Å²) in [5, 5.41) is 111. The van der Waals surface area contributed by atoms with Crippen LogP contribution in [0.25, 0.3) is 0 Å². The van der Waals surface area contributed by atoms with Crippen molar-refractivity contribution in [2.24, 2.45) is 17.6 Å². The van der Waals surface area contributed by atoms with Crippen LogP contribution in [0, 0.1) is 11.8 Å². The Morgan fingerprint density at radius 1 is 0.735 bits per heavy atom. The summed E-state index contributed by atoms with van der Waals surface area (Å²) >= 11 is 0. The first-order valence-corrected chi connectivity index (χ1v) is 23.6. The number of esters is 1. The molecule has 68 heavy (non-hydrogen) atoms. The van der Waals surface area contributed by atoms with Gasteiger partial charge in [-0.1, -0.05) is 92.0 Å². The number of unbranched alkanes of at least 4 members (excludes halogenated alkanes) is 1. The third-order valence-corrected chi connectivity index (χ3v) is 11.9. The number of nitrogens with one attached hydrogen (secondary N) is 1. The highest BCUT2D eigenvalue weighted by molar-refractivity contribution is 5.80. The predicted molar refractivity (Wildman–Crippen MR) is 248 cm³/mol. The minimum atomic E-state index is -2.29. The molecule has 0 radical (unpaired) electrons. The van der Waals surface area contributed by atoms with Crippen LogP contribution < -0.4 is 11.1 Å². The van der Waals surface area contributed by atoms with Crippen molar-refractivity contribution in [3.63, 3.8) is 0 Å². The van der Waals surface area contributed by atoms with Gasteiger partial charge >= 0.3 is 5.97 Å². The van der Waals surface area contributed by atoms with Crippen LogP contribution in [-0.4, -0.2) is 174 Å². The quantitative estimate of drug-likeness (QED) is 0.124. The number of amides is 1. The first-order valence-electron chi connectivity index (χ1n) is 23.6. The molecule has 3 rings (SSSR count). The molecule has 0 spiro atoms. The number of hydrogen-bond donors (Lipinski definition) is 12. The van der Waals surface area contributed by atoms with E-state index in [0.29, 0.717) is 6.42 Å². The van der Waals surface area contributed by atoms with Crippen LogP contribution >= 0.6 is 0 Å². The monoisotopic (exact) mass is 969 g/mol. The van der Waals surface area contributed by atoms with Crippen molar-refractivity contribution < 1.29 is 84.0 Å². The Hall–Kier alpha value is -3.51. The number of cyclic esters (lactones) is 1. The molecule has 0 aliphatic carbocycles. The van der Waals surface area contributed by atoms with E-state index >= 15 is 0 Å². The standard InChI is InChI=1S/C49H77FN2O16/c1-31-17-13-11-9-7-5-3-4-6-8-10-12-14-18-36(67-48-46(62)45(51)41(60)30-65-48)27-42-44(47(63)52-22-16-15-21-50)40(59)29-49(64,68-42)28-35(55)25-39(58)37(56)20-19-33(53)24-34(54)26-43(61)66-32(2)23-38(31)57/h3-14,17-18,31-42,44-46,48,53-60,62,64H,15-16,19-30,51H2,1-2H3,(H,52,63)/b4-3+,7-5+,8-6+,11-9+,12-10+,17-13+,18-14+/t31-,32-,33?,34?,35?,36?,37?,38-,39?,40-,41+,42-,44+,45-,46-,48-,49?/m0/s1. The molecule has 0 saturated carbocycles. The molecule has 18 nitrogen and oxygen atoms in total. The highest BCUT2D eigenvalue weighted by atomic mass is 19.1. The molecule has 1 amide bonds. The molecule has 0 aromatic carbocycles. The van der Waals surface area contributed by atoms with E-state index in [1.165, 1.54) is 0 Å². The van der Waals surface area contributed by atoms with Crippen molar-refractivity contribution >= 4 is 11.9 Å². The summed E-state index contributed by atoms with van der Waals surface area (Å²) in [5.41, 5.74) is 5.99. The van der Waals surface area contributed by atoms with E-state index in [-0.39, 0.29) is 57.6 Å². The van der Waals surface area contributed by atoms with E-state index in [4.69, 9.17) is 24.7 Å². The largest absolute Gasteiger partial charge is 0.462 e. The summed E-state index contributed by atoms with van der Waals surface area (Å²) in [4.78, 5) is 26.1. The van der Waals surface area contributed by atoms with Crippen LogP contribution in [0.3, 0.4) is 0 Å². The Bertz CT molecular complexity index is 1690. The lowest BCUT2D eigenvalue weighted by molar-refractivity contribution is -0.304. The smallest absolute Gasteiger partial charge is 0.308 e. The van der Waals surface area contributed by atoms with Crippen LogP contribution in [0.2, 0.25) is 0 Å². The van der Waals surface area contributed by atoms with Crippen LogP contribution in [-0.2, 0) is 28.5 Å². The summed E-state index contributed by atoms with van der Waals surface area (Å²) in [6.07, 6.45) is 5.82. The summed E-state index contributed by atoms with van der Waals surface area (Å²) < 4.78 is 36.0. The second-order valence-electron chi connectivity index (χ2n) is 18.0. The first-order chi connectivity index (χ1) is 32.3. The first kappa shape index (κ1) is 58.8. The average Bonchev–Trinajstić information content (AvgIpc) is 3.26. The van der Waals surface area contributed by atoms with E-state index in [0.717, 1.165) is 0 Å². The van der Waals surface area contributed by atoms with Gasteiger partial charge in [-0.2, -0.15) is 0 Å². The molecule has 19 heteroatoms. The number of ether oxygens (including phenoxy) is 4. The minimum Gasteiger partial charge on any atom is -0.462 e. The average molecular weight is 969 g/mol. The fourth-order valence-electron chi connectivity index (χ4n) is 8.06. The Kier molecular flexibility index (Phi) is 26.8. The molecule has 3 aliphatic heterocycles. The van der Waals surface area contributed by atoms with E-state index in [9.17, 15) is 65.0 Å². The molecule has 2 saturated heterocycles. The SMILES string of the molecule is C[C@H]1C[C@H](O)[C@@H](C)/C=C/C=C/C=C/C=C/C=C/C=C/C=C/C(O[C@@H]2OC[C@@H](O)[C@H](N)[C@@H]2O)C[C@@H]2OC(O)(CC(O)CC(O)C(O)CCC(O)CC(O)CC(=O)O1)C[C@H](O)[C@H]2C(=O)NCCCCF. The number of allylic oxidation sites excluding steroid dienone is 12. The molecule has 2 fully saturated rings. The maximum atomic E-state index is 13.6. The van der Waals surface area contributed by atoms with Gasteiger partial charge in [0.2, 0.25) is 5.91 Å². The number of aliphatic hydroxyl groups excluding tert-OH is 9. The van der Waals surface area contributed by atoms with Crippen molar-refractivity contribution in [3.8, 4) is 0 Å². The molecule has 17 atom stereocenters. The lowest BCUT2D eigenvalue weighted by Crippen LogP contribution is -2.59. The minimum absolute atomic E-state index is 0.0832. The molecule has 0 aromatic rings. The molecule has 13 N–H and O–H groups in total. The molecule has 386 valence electrons. The van der Waals surface area contributed by atoms with Gasteiger partial charge in [0.25, 0.3) is 0 Å². The van der Waals surface area contributed by atoms with Crippen molar-refractivity contribution in [3.05, 3.63) is 85.1 Å². The Morgan fingerprint density at radius 2 is 1.35 bits per heavy atom. The number of carbonyl (C=O) groups is 2. The zero-order valence-electron chi connectivity index (χ0n) is 39.1. The second kappa shape index (κ2) is 31.0. The molecule has 3 aliphatic rings. The zero-order chi connectivity index (χ0) is 50.2. The second-order valence-corrected chi connectivity index (χ2v) is 18.0. The maximum absolute atomic E-state index is 13.6. The van der Waals surface area contributed by atoms with Crippen molar-refractivity contribution in [1.82, 2.24) is 5.32 Å². The molecule has 3 heterocycles. The van der Waals surface area contributed by atoms with Crippen LogP contribution in [0.5, 0.6) is 0 Å². The fraction of sp³-hybridized carbons (Fsp3) is 0.673. The number of carbonyl (C=O) groups excluding carboxylic acids is 2. The molecular weight excluding hydrogens is 892 g/mol. The Balaban J connectivity index is 1.89. The lowest BCUT2D eigenvalue weighted by atomic mass is 9.82. The van der Waals surface area contributed by atoms with E-state index < -0.39 is 142 Å². The number of aliphatic hydroxyl groups is 10. The zero-order valence-corrected chi connectivity index (χ0v) is 39.1. The third-order valence-electron chi connectivity index (χ3n) is 11.9. The summed E-state index contributed by atoms with van der Waals surface area (Å²) in [7, 11) is 0. The van der Waals surface area contributed by atoms with Gasteiger partial charge in [-0.15, -0.1) is 0 Å². The maximum Gasteiger partial charge on any atom is 0.308 e. The van der Waals surface area contributed by atoms with Gasteiger partial charge in [-0.05, 0) is 39.0 Å². The number of rotatable bonds is 7. The fourth-order valence-corrected chi connectivity index (χ4v) is 8.06. The summed E-state index contributed by atoms with van der Waals surface area (Å²) in [6, 6.07) is -1.12. The van der Waals surface area contributed by atoms with Gasteiger partial charge in [0.1, 0.15) is 12.2 Å². The van der Waals surface area contributed by atoms with Gasteiger partial charge in [-0.25, -0.2) is 0 Å². The molecule has 0 aromatic heterocycles. The third kappa shape index (κ3) is 21.6. The number of nitrogens with two attached hydrogens (primary N) is 1. The van der Waals surface area contributed by atoms with Gasteiger partial charge in [0.05, 0.1) is 92.7 Å². The molecular formula is C49H77FN2O16. The normalized spacial score (nSPS) is 41.8. The Morgan fingerprint density at radius 3 is 1.99 bits per heavy atom. The number of fused-ring (bicyclic) bond motifs is 2. The topological polar surface area (TPSA) is 311 Å². The van der Waals surface area contributed by atoms with Crippen LogP contribution in [0.15, 0.2) is 85.1 Å². The summed E-state index contributed by atoms with van der Waals surface area (Å²) in [6.45, 7) is 2.67.